The minimum Gasteiger partial charge on any atom is -0.338 e. The SMILES string of the molecule is Cc1nn(C(C)(C)C)c2nc(C(C)C)cc(C(=O)N3C[C@H]4CNC[C@H]4C3)c12.Cl.Cl. The highest BCUT2D eigenvalue weighted by Crippen LogP contribution is 2.32. The Kier molecular flexibility index (Phi) is 6.93. The molecule has 4 heterocycles. The number of aryl methyl sites for hydroxylation is 1. The fourth-order valence-electron chi connectivity index (χ4n) is 4.43. The molecule has 8 heteroatoms. The van der Waals surface area contributed by atoms with Gasteiger partial charge in [-0.25, -0.2) is 9.67 Å². The Bertz CT molecular complexity index is 891. The summed E-state index contributed by atoms with van der Waals surface area (Å²) in [6.45, 7) is 16.4. The predicted molar refractivity (Wildman–Crippen MR) is 122 cm³/mol. The van der Waals surface area contributed by atoms with Crippen LogP contribution >= 0.6 is 24.8 Å². The lowest BCUT2D eigenvalue weighted by Gasteiger charge is -2.22. The van der Waals surface area contributed by atoms with Gasteiger partial charge < -0.3 is 10.2 Å². The number of halogens is 2. The highest BCUT2D eigenvalue weighted by Gasteiger charge is 2.39. The lowest BCUT2D eigenvalue weighted by Crippen LogP contribution is -2.32. The van der Waals surface area contributed by atoms with Crippen molar-refractivity contribution in [1.82, 2.24) is 25.0 Å². The molecule has 4 rings (SSSR count). The molecule has 162 valence electrons. The van der Waals surface area contributed by atoms with Gasteiger partial charge in [0.05, 0.1) is 22.2 Å². The van der Waals surface area contributed by atoms with Crippen molar-refractivity contribution in [3.8, 4) is 0 Å². The first-order chi connectivity index (χ1) is 12.7. The molecular formula is C21H33Cl2N5O. The highest BCUT2D eigenvalue weighted by atomic mass is 35.5. The number of hydrogen-bond acceptors (Lipinski definition) is 4. The van der Waals surface area contributed by atoms with Gasteiger partial charge in [-0.15, -0.1) is 24.8 Å². The van der Waals surface area contributed by atoms with E-state index >= 15 is 0 Å². The number of fused-ring (bicyclic) bond motifs is 2. The second-order valence-corrected chi connectivity index (χ2v) is 9.50. The molecule has 0 saturated carbocycles. The maximum absolute atomic E-state index is 13.5. The van der Waals surface area contributed by atoms with Crippen LogP contribution in [0.15, 0.2) is 6.07 Å². The second-order valence-electron chi connectivity index (χ2n) is 9.50. The number of likely N-dealkylation sites (tertiary alicyclic amines) is 1. The lowest BCUT2D eigenvalue weighted by atomic mass is 10.0. The molecule has 0 aliphatic carbocycles. The topological polar surface area (TPSA) is 63.1 Å². The first-order valence-electron chi connectivity index (χ1n) is 10.1. The molecule has 0 radical (unpaired) electrons. The van der Waals surface area contributed by atoms with Gasteiger partial charge in [-0.05, 0) is 51.5 Å². The number of amides is 1. The molecule has 2 saturated heterocycles. The van der Waals surface area contributed by atoms with Crippen molar-refractivity contribution in [2.75, 3.05) is 26.2 Å². The molecule has 2 aliphatic rings. The molecule has 1 N–H and O–H groups in total. The van der Waals surface area contributed by atoms with E-state index in [9.17, 15) is 4.79 Å². The number of carbonyl (C=O) groups is 1. The fourth-order valence-corrected chi connectivity index (χ4v) is 4.43. The molecule has 2 aliphatic heterocycles. The number of carbonyl (C=O) groups excluding carboxylic acids is 1. The molecule has 0 unspecified atom stereocenters. The molecule has 0 bridgehead atoms. The number of aromatic nitrogens is 3. The number of nitrogens with zero attached hydrogens (tertiary/aromatic N) is 4. The van der Waals surface area contributed by atoms with Gasteiger partial charge in [-0.2, -0.15) is 5.10 Å². The molecule has 2 atom stereocenters. The molecule has 29 heavy (non-hydrogen) atoms. The summed E-state index contributed by atoms with van der Waals surface area (Å²) in [7, 11) is 0. The normalized spacial score (nSPS) is 21.3. The van der Waals surface area contributed by atoms with E-state index < -0.39 is 0 Å². The zero-order valence-electron chi connectivity index (χ0n) is 18.2. The number of hydrogen-bond donors (Lipinski definition) is 1. The van der Waals surface area contributed by atoms with Gasteiger partial charge in [0.15, 0.2) is 5.65 Å². The van der Waals surface area contributed by atoms with Crippen LogP contribution in [0.4, 0.5) is 0 Å². The van der Waals surface area contributed by atoms with Crippen molar-refractivity contribution in [3.63, 3.8) is 0 Å². The third-order valence-corrected chi connectivity index (χ3v) is 5.97. The number of pyridine rings is 1. The zero-order chi connectivity index (χ0) is 19.5. The van der Waals surface area contributed by atoms with Crippen LogP contribution in [-0.4, -0.2) is 51.8 Å². The van der Waals surface area contributed by atoms with E-state index in [4.69, 9.17) is 10.1 Å². The Balaban J connectivity index is 0.00000150. The summed E-state index contributed by atoms with van der Waals surface area (Å²) in [5, 5.41) is 9.12. The minimum atomic E-state index is -0.189. The Morgan fingerprint density at radius 1 is 1.17 bits per heavy atom. The molecule has 2 aromatic heterocycles. The van der Waals surface area contributed by atoms with Crippen molar-refractivity contribution < 1.29 is 4.79 Å². The van der Waals surface area contributed by atoms with Gasteiger partial charge in [0.1, 0.15) is 0 Å². The average Bonchev–Trinajstić information content (AvgIpc) is 3.26. The second kappa shape index (κ2) is 8.40. The van der Waals surface area contributed by atoms with Gasteiger partial charge in [0, 0.05) is 31.9 Å². The van der Waals surface area contributed by atoms with Crippen LogP contribution in [0.25, 0.3) is 11.0 Å². The third kappa shape index (κ3) is 4.12. The van der Waals surface area contributed by atoms with Crippen LogP contribution in [0.3, 0.4) is 0 Å². The average molecular weight is 442 g/mol. The van der Waals surface area contributed by atoms with Gasteiger partial charge in [0.2, 0.25) is 0 Å². The molecular weight excluding hydrogens is 409 g/mol. The van der Waals surface area contributed by atoms with Gasteiger partial charge in [-0.3, -0.25) is 4.79 Å². The number of nitrogens with one attached hydrogen (secondary N) is 1. The number of rotatable bonds is 2. The summed E-state index contributed by atoms with van der Waals surface area (Å²) in [6, 6.07) is 2.00. The monoisotopic (exact) mass is 441 g/mol. The predicted octanol–water partition coefficient (Wildman–Crippen LogP) is 3.75. The van der Waals surface area contributed by atoms with Gasteiger partial charge in [0.25, 0.3) is 5.91 Å². The first-order valence-corrected chi connectivity index (χ1v) is 10.1. The van der Waals surface area contributed by atoms with E-state index in [0.717, 1.165) is 54.2 Å². The van der Waals surface area contributed by atoms with Crippen molar-refractivity contribution in [3.05, 3.63) is 23.0 Å². The minimum absolute atomic E-state index is 0. The van der Waals surface area contributed by atoms with E-state index in [-0.39, 0.29) is 42.2 Å². The Morgan fingerprint density at radius 3 is 2.28 bits per heavy atom. The molecule has 0 aromatic carbocycles. The van der Waals surface area contributed by atoms with Gasteiger partial charge >= 0.3 is 0 Å². The zero-order valence-corrected chi connectivity index (χ0v) is 19.8. The quantitative estimate of drug-likeness (QED) is 0.770. The van der Waals surface area contributed by atoms with Gasteiger partial charge in [-0.1, -0.05) is 13.8 Å². The summed E-state index contributed by atoms with van der Waals surface area (Å²) in [4.78, 5) is 20.5. The van der Waals surface area contributed by atoms with Crippen LogP contribution in [0.1, 0.15) is 62.3 Å². The lowest BCUT2D eigenvalue weighted by molar-refractivity contribution is 0.0783. The van der Waals surface area contributed by atoms with Crippen LogP contribution in [0.2, 0.25) is 0 Å². The Hall–Kier alpha value is -1.37. The maximum atomic E-state index is 13.5. The van der Waals surface area contributed by atoms with Crippen LogP contribution in [0, 0.1) is 18.8 Å². The van der Waals surface area contributed by atoms with Crippen LogP contribution in [-0.2, 0) is 5.54 Å². The summed E-state index contributed by atoms with van der Waals surface area (Å²) < 4.78 is 1.98. The molecule has 2 fully saturated rings. The highest BCUT2D eigenvalue weighted by molar-refractivity contribution is 6.06. The van der Waals surface area contributed by atoms with Crippen molar-refractivity contribution in [2.45, 2.75) is 53.0 Å². The van der Waals surface area contributed by atoms with Crippen LogP contribution < -0.4 is 5.32 Å². The molecule has 1 amide bonds. The van der Waals surface area contributed by atoms with E-state index in [0.29, 0.717) is 11.8 Å². The van der Waals surface area contributed by atoms with Crippen molar-refractivity contribution in [1.29, 1.82) is 0 Å². The summed E-state index contributed by atoms with van der Waals surface area (Å²) in [5.74, 6) is 1.57. The van der Waals surface area contributed by atoms with E-state index in [1.165, 1.54) is 0 Å². The van der Waals surface area contributed by atoms with E-state index in [1.54, 1.807) is 0 Å². The standard InChI is InChI=1S/C21H31N5O.2ClH/c1-12(2)17-7-16(20(27)25-10-14-8-22-9-15(14)11-25)18-13(3)24-26(19(18)23-17)21(4,5)6;;/h7,12,14-15,22H,8-11H2,1-6H3;2*1H/t14-,15+;;. The van der Waals surface area contributed by atoms with Crippen molar-refractivity contribution >= 4 is 41.8 Å². The maximum Gasteiger partial charge on any atom is 0.254 e. The smallest absolute Gasteiger partial charge is 0.254 e. The van der Waals surface area contributed by atoms with E-state index in [2.05, 4.69) is 39.9 Å². The first kappa shape index (κ1) is 23.9. The largest absolute Gasteiger partial charge is 0.338 e. The fraction of sp³-hybridized carbons (Fsp3) is 0.667. The summed E-state index contributed by atoms with van der Waals surface area (Å²) >= 11 is 0. The molecule has 2 aromatic rings. The summed E-state index contributed by atoms with van der Waals surface area (Å²) in [5.41, 5.74) is 3.25. The Labute approximate surface area is 185 Å². The summed E-state index contributed by atoms with van der Waals surface area (Å²) in [6.07, 6.45) is 0. The molecule has 6 nitrogen and oxygen atoms in total. The van der Waals surface area contributed by atoms with Crippen molar-refractivity contribution in [2.24, 2.45) is 11.8 Å². The third-order valence-electron chi connectivity index (χ3n) is 5.97. The van der Waals surface area contributed by atoms with E-state index in [1.807, 2.05) is 22.6 Å². The molecule has 0 spiro atoms. The van der Waals surface area contributed by atoms with Crippen LogP contribution in [0.5, 0.6) is 0 Å². The Morgan fingerprint density at radius 2 is 1.76 bits per heavy atom.